The van der Waals surface area contributed by atoms with E-state index in [1.165, 1.54) is 11.0 Å². The van der Waals surface area contributed by atoms with Crippen LogP contribution in [0.3, 0.4) is 0 Å². The minimum Gasteiger partial charge on any atom is -0.341 e. The Morgan fingerprint density at radius 3 is 2.75 bits per heavy atom. The smallest absolute Gasteiger partial charge is 0.246 e. The van der Waals surface area contributed by atoms with Crippen molar-refractivity contribution >= 4 is 21.7 Å². The van der Waals surface area contributed by atoms with Gasteiger partial charge in [-0.2, -0.15) is 9.90 Å². The van der Waals surface area contributed by atoms with Gasteiger partial charge in [0.05, 0.1) is 12.5 Å². The van der Waals surface area contributed by atoms with Gasteiger partial charge in [0.15, 0.2) is 5.82 Å². The number of nitrogens with two attached hydrogens (primary N) is 1. The van der Waals surface area contributed by atoms with E-state index in [-0.39, 0.29) is 24.3 Å². The zero-order valence-electron chi connectivity index (χ0n) is 11.2. The number of carbonyl (C=O) groups excluding carboxylic acids is 1. The first-order valence-electron chi connectivity index (χ1n) is 6.25. The fourth-order valence-electron chi connectivity index (χ4n) is 1.98. The largest absolute Gasteiger partial charge is 0.341 e. The Labute approximate surface area is 117 Å². The third-order valence-electron chi connectivity index (χ3n) is 3.00. The van der Waals surface area contributed by atoms with Gasteiger partial charge in [0.1, 0.15) is 6.54 Å². The Morgan fingerprint density at radius 1 is 1.50 bits per heavy atom. The van der Waals surface area contributed by atoms with Crippen LogP contribution in [-0.2, 0) is 21.4 Å². The summed E-state index contributed by atoms with van der Waals surface area (Å²) >= 11 is 0. The highest BCUT2D eigenvalue weighted by Gasteiger charge is 2.21. The van der Waals surface area contributed by atoms with E-state index in [2.05, 4.69) is 14.9 Å². The molecule has 112 valence electrons. The standard InChI is InChI=1S/C10H18N6O3S/c1-20(18,19)14-9-6-12-16(13-9)7-10(17)15-4-2-8(11)3-5-15/h6,8H,2-5,7,11H2,1H3,(H,13,14). The molecule has 0 unspecified atom stereocenters. The summed E-state index contributed by atoms with van der Waals surface area (Å²) < 4.78 is 24.3. The monoisotopic (exact) mass is 302 g/mol. The van der Waals surface area contributed by atoms with Gasteiger partial charge in [-0.1, -0.05) is 0 Å². The molecule has 1 fully saturated rings. The number of hydrogen-bond acceptors (Lipinski definition) is 6. The topological polar surface area (TPSA) is 123 Å². The molecule has 1 aliphatic heterocycles. The minimum atomic E-state index is -3.39. The van der Waals surface area contributed by atoms with Crippen LogP contribution < -0.4 is 10.5 Å². The summed E-state index contributed by atoms with van der Waals surface area (Å²) in [5.74, 6) is -0.000581. The summed E-state index contributed by atoms with van der Waals surface area (Å²) in [7, 11) is -3.39. The molecular formula is C10H18N6O3S. The summed E-state index contributed by atoms with van der Waals surface area (Å²) in [5.41, 5.74) is 5.78. The van der Waals surface area contributed by atoms with Gasteiger partial charge in [-0.05, 0) is 12.8 Å². The van der Waals surface area contributed by atoms with Crippen LogP contribution in [0.25, 0.3) is 0 Å². The molecule has 0 atom stereocenters. The van der Waals surface area contributed by atoms with Crippen LogP contribution in [-0.4, -0.2) is 59.6 Å². The van der Waals surface area contributed by atoms with Crippen molar-refractivity contribution in [2.75, 3.05) is 24.1 Å². The lowest BCUT2D eigenvalue weighted by molar-refractivity contribution is -0.133. The van der Waals surface area contributed by atoms with Crippen LogP contribution in [0.5, 0.6) is 0 Å². The third kappa shape index (κ3) is 4.17. The van der Waals surface area contributed by atoms with Gasteiger partial charge >= 0.3 is 0 Å². The van der Waals surface area contributed by atoms with E-state index in [0.29, 0.717) is 13.1 Å². The van der Waals surface area contributed by atoms with Gasteiger partial charge < -0.3 is 10.6 Å². The zero-order chi connectivity index (χ0) is 14.8. The van der Waals surface area contributed by atoms with Crippen molar-refractivity contribution in [3.05, 3.63) is 6.20 Å². The minimum absolute atomic E-state index is 0.0132. The van der Waals surface area contributed by atoms with Gasteiger partial charge in [-0.3, -0.25) is 9.52 Å². The van der Waals surface area contributed by atoms with Crippen molar-refractivity contribution in [1.29, 1.82) is 0 Å². The normalized spacial score (nSPS) is 17.2. The van der Waals surface area contributed by atoms with E-state index in [1.807, 2.05) is 0 Å². The predicted octanol–water partition coefficient (Wildman–Crippen LogP) is -1.40. The fraction of sp³-hybridized carbons (Fsp3) is 0.700. The van der Waals surface area contributed by atoms with Crippen molar-refractivity contribution in [3.63, 3.8) is 0 Å². The van der Waals surface area contributed by atoms with E-state index in [4.69, 9.17) is 5.73 Å². The summed E-state index contributed by atoms with van der Waals surface area (Å²) in [5, 5.41) is 7.75. The SMILES string of the molecule is CS(=O)(=O)Nc1cnn(CC(=O)N2CCC(N)CC2)n1. The van der Waals surface area contributed by atoms with E-state index in [1.54, 1.807) is 4.90 Å². The maximum atomic E-state index is 12.0. The van der Waals surface area contributed by atoms with Gasteiger partial charge in [-0.15, -0.1) is 5.10 Å². The maximum Gasteiger partial charge on any atom is 0.246 e. The van der Waals surface area contributed by atoms with E-state index in [0.717, 1.165) is 19.1 Å². The van der Waals surface area contributed by atoms with Crippen molar-refractivity contribution in [2.24, 2.45) is 5.73 Å². The number of anilines is 1. The highest BCUT2D eigenvalue weighted by atomic mass is 32.2. The number of nitrogens with one attached hydrogen (secondary N) is 1. The number of rotatable bonds is 4. The van der Waals surface area contributed by atoms with Gasteiger partial charge in [0.25, 0.3) is 0 Å². The molecule has 3 N–H and O–H groups in total. The number of sulfonamides is 1. The van der Waals surface area contributed by atoms with Crippen LogP contribution in [0, 0.1) is 0 Å². The predicted molar refractivity (Wildman–Crippen MR) is 72.3 cm³/mol. The highest BCUT2D eigenvalue weighted by molar-refractivity contribution is 7.92. The zero-order valence-corrected chi connectivity index (χ0v) is 12.0. The fourth-order valence-corrected chi connectivity index (χ4v) is 2.45. The molecular weight excluding hydrogens is 284 g/mol. The molecule has 2 heterocycles. The van der Waals surface area contributed by atoms with Crippen molar-refractivity contribution in [2.45, 2.75) is 25.4 Å². The molecule has 1 saturated heterocycles. The Bertz CT molecular complexity index is 576. The van der Waals surface area contributed by atoms with Gasteiger partial charge in [0, 0.05) is 19.1 Å². The Balaban J connectivity index is 1.91. The molecule has 10 heteroatoms. The van der Waals surface area contributed by atoms with Crippen LogP contribution in [0.1, 0.15) is 12.8 Å². The van der Waals surface area contributed by atoms with E-state index >= 15 is 0 Å². The van der Waals surface area contributed by atoms with Crippen LogP contribution in [0.2, 0.25) is 0 Å². The number of amides is 1. The number of carbonyl (C=O) groups is 1. The second-order valence-corrected chi connectivity index (χ2v) is 6.60. The average Bonchev–Trinajstić information content (AvgIpc) is 2.74. The van der Waals surface area contributed by atoms with E-state index in [9.17, 15) is 13.2 Å². The summed E-state index contributed by atoms with van der Waals surface area (Å²) in [6, 6.07) is 0.160. The van der Waals surface area contributed by atoms with Crippen molar-refractivity contribution in [1.82, 2.24) is 19.9 Å². The molecule has 1 aliphatic rings. The first-order chi connectivity index (χ1) is 9.33. The lowest BCUT2D eigenvalue weighted by Gasteiger charge is -2.29. The molecule has 1 amide bonds. The van der Waals surface area contributed by atoms with E-state index < -0.39 is 10.0 Å². The summed E-state index contributed by atoms with van der Waals surface area (Å²) in [6.45, 7) is 1.26. The number of likely N-dealkylation sites (tertiary alicyclic amines) is 1. The third-order valence-corrected chi connectivity index (χ3v) is 3.58. The molecule has 9 nitrogen and oxygen atoms in total. The Kier molecular flexibility index (Phi) is 4.23. The Hall–Kier alpha value is -1.68. The quantitative estimate of drug-likeness (QED) is 0.705. The number of hydrogen-bond donors (Lipinski definition) is 2. The summed E-state index contributed by atoms with van der Waals surface area (Å²) in [6.07, 6.45) is 3.87. The number of nitrogens with zero attached hydrogens (tertiary/aromatic N) is 4. The molecule has 0 radical (unpaired) electrons. The van der Waals surface area contributed by atoms with Crippen molar-refractivity contribution in [3.8, 4) is 0 Å². The molecule has 0 spiro atoms. The van der Waals surface area contributed by atoms with Crippen LogP contribution in [0.4, 0.5) is 5.82 Å². The number of aromatic nitrogens is 3. The van der Waals surface area contributed by atoms with Crippen LogP contribution in [0.15, 0.2) is 6.20 Å². The molecule has 1 aromatic heterocycles. The van der Waals surface area contributed by atoms with Gasteiger partial charge in [-0.25, -0.2) is 8.42 Å². The molecule has 0 bridgehead atoms. The maximum absolute atomic E-state index is 12.0. The summed E-state index contributed by atoms with van der Waals surface area (Å²) in [4.78, 5) is 14.9. The molecule has 2 rings (SSSR count). The first kappa shape index (κ1) is 14.7. The second kappa shape index (κ2) is 5.75. The molecule has 0 aliphatic carbocycles. The lowest BCUT2D eigenvalue weighted by Crippen LogP contribution is -2.44. The van der Waals surface area contributed by atoms with Crippen molar-refractivity contribution < 1.29 is 13.2 Å². The highest BCUT2D eigenvalue weighted by Crippen LogP contribution is 2.09. The first-order valence-corrected chi connectivity index (χ1v) is 8.14. The average molecular weight is 302 g/mol. The van der Waals surface area contributed by atoms with Gasteiger partial charge in [0.2, 0.25) is 15.9 Å². The van der Waals surface area contributed by atoms with Crippen LogP contribution >= 0.6 is 0 Å². The molecule has 20 heavy (non-hydrogen) atoms. The molecule has 1 aromatic rings. The second-order valence-electron chi connectivity index (χ2n) is 4.85. The molecule has 0 saturated carbocycles. The molecule has 0 aromatic carbocycles. The number of piperidine rings is 1. The Morgan fingerprint density at radius 2 is 2.15 bits per heavy atom. The lowest BCUT2D eigenvalue weighted by atomic mass is 10.1.